The van der Waals surface area contributed by atoms with Crippen LogP contribution in [0, 0.1) is 0 Å². The van der Waals surface area contributed by atoms with Crippen LogP contribution >= 0.6 is 0 Å². The summed E-state index contributed by atoms with van der Waals surface area (Å²) in [5.41, 5.74) is 1.69. The van der Waals surface area contributed by atoms with Crippen molar-refractivity contribution >= 4 is 29.5 Å². The van der Waals surface area contributed by atoms with Gasteiger partial charge in [0.2, 0.25) is 0 Å². The first-order chi connectivity index (χ1) is 18.1. The minimum Gasteiger partial charge on any atom is -0.484 e. The highest BCUT2D eigenvalue weighted by atomic mass is 16.6. The Kier molecular flexibility index (Phi) is 6.28. The van der Waals surface area contributed by atoms with Gasteiger partial charge in [-0.25, -0.2) is 9.59 Å². The number of anilines is 2. The van der Waals surface area contributed by atoms with E-state index >= 15 is 0 Å². The van der Waals surface area contributed by atoms with Crippen LogP contribution in [0.3, 0.4) is 0 Å². The number of carbonyl (C=O) groups is 2. The summed E-state index contributed by atoms with van der Waals surface area (Å²) >= 11 is 0. The molecule has 0 bridgehead atoms. The van der Waals surface area contributed by atoms with Crippen LogP contribution in [-0.4, -0.2) is 69.1 Å². The molecule has 9 heteroatoms. The van der Waals surface area contributed by atoms with E-state index in [0.717, 1.165) is 22.5 Å². The Balaban J connectivity index is 1.74. The summed E-state index contributed by atoms with van der Waals surface area (Å²) < 4.78 is 17.0. The molecule has 5 rings (SSSR count). The molecule has 38 heavy (non-hydrogen) atoms. The summed E-state index contributed by atoms with van der Waals surface area (Å²) in [6.07, 6.45) is -0.102. The molecular weight excluding hydrogens is 484 g/mol. The van der Waals surface area contributed by atoms with Crippen molar-refractivity contribution in [2.75, 3.05) is 44.6 Å². The van der Waals surface area contributed by atoms with Crippen LogP contribution in [-0.2, 0) is 25.0 Å². The van der Waals surface area contributed by atoms with Crippen molar-refractivity contribution in [1.29, 1.82) is 0 Å². The molecule has 0 aromatic heterocycles. The number of hydrogen-bond acceptors (Lipinski definition) is 7. The van der Waals surface area contributed by atoms with Crippen LogP contribution in [0.2, 0.25) is 0 Å². The smallest absolute Gasteiger partial charge is 0.415 e. The molecule has 1 spiro atoms. The number of aliphatic imine (C=N–C) groups is 1. The second kappa shape index (κ2) is 9.22. The molecule has 2 aromatic rings. The van der Waals surface area contributed by atoms with E-state index in [1.54, 1.807) is 24.0 Å². The van der Waals surface area contributed by atoms with E-state index in [2.05, 4.69) is 11.4 Å². The molecule has 0 saturated carbocycles. The molecule has 202 valence electrons. The normalized spacial score (nSPS) is 25.1. The number of hydrogen-bond donors (Lipinski definition) is 1. The maximum absolute atomic E-state index is 13.4. The number of carbonyl (C=O) groups excluding carboxylic acids is 2. The molecule has 0 fully saturated rings. The fourth-order valence-corrected chi connectivity index (χ4v) is 6.62. The van der Waals surface area contributed by atoms with Crippen LogP contribution in [0.4, 0.5) is 21.0 Å². The molecule has 0 radical (unpaired) electrons. The topological polar surface area (TPSA) is 92.7 Å². The van der Waals surface area contributed by atoms with Gasteiger partial charge in [0.15, 0.2) is 5.90 Å². The van der Waals surface area contributed by atoms with Gasteiger partial charge in [0, 0.05) is 25.8 Å². The van der Waals surface area contributed by atoms with Gasteiger partial charge in [-0.2, -0.15) is 0 Å². The minimum absolute atomic E-state index is 0.389. The van der Waals surface area contributed by atoms with Crippen LogP contribution in [0.5, 0.6) is 0 Å². The number of amides is 2. The highest BCUT2D eigenvalue weighted by Crippen LogP contribution is 2.64. The van der Waals surface area contributed by atoms with Gasteiger partial charge in [-0.1, -0.05) is 36.4 Å². The lowest BCUT2D eigenvalue weighted by Crippen LogP contribution is -2.70. The molecule has 3 aliphatic heterocycles. The number of nitrogens with one attached hydrogen (secondary N) is 1. The maximum atomic E-state index is 13.4. The Morgan fingerprint density at radius 3 is 2.47 bits per heavy atom. The molecule has 0 aliphatic carbocycles. The zero-order chi connectivity index (χ0) is 27.3. The molecule has 1 N–H and O–H groups in total. The van der Waals surface area contributed by atoms with Gasteiger partial charge in [0.05, 0.1) is 30.7 Å². The standard InChI is InChI=1S/C29H36N4O5/c1-27(2,3)38-25(34)32(4)18-16-29-20-12-8-10-14-22(20)33(26(35)37-6)23-28(29,15-17-30-24(29)36-5)19-11-7-9-13-21(19)31-23/h7-14,23,31H,15-18H2,1-6H3/t23-,28-,29+/m0/s1. The summed E-state index contributed by atoms with van der Waals surface area (Å²) in [5, 5.41) is 3.65. The van der Waals surface area contributed by atoms with E-state index in [9.17, 15) is 9.59 Å². The zero-order valence-corrected chi connectivity index (χ0v) is 22.9. The Hall–Kier alpha value is -3.75. The van der Waals surface area contributed by atoms with Crippen LogP contribution in [0.1, 0.15) is 44.7 Å². The third-order valence-electron chi connectivity index (χ3n) is 8.03. The predicted molar refractivity (Wildman–Crippen MR) is 146 cm³/mol. The fourth-order valence-electron chi connectivity index (χ4n) is 6.62. The first-order valence-electron chi connectivity index (χ1n) is 13.0. The summed E-state index contributed by atoms with van der Waals surface area (Å²) in [7, 11) is 4.80. The average molecular weight is 521 g/mol. The third kappa shape index (κ3) is 3.62. The first-order valence-corrected chi connectivity index (χ1v) is 13.0. The number of fused-ring (bicyclic) bond motifs is 3. The molecule has 2 amide bonds. The van der Waals surface area contributed by atoms with Crippen molar-refractivity contribution in [3.8, 4) is 0 Å². The van der Waals surface area contributed by atoms with E-state index < -0.39 is 34.8 Å². The summed E-state index contributed by atoms with van der Waals surface area (Å²) in [6, 6.07) is 16.0. The average Bonchev–Trinajstić information content (AvgIpc) is 3.22. The highest BCUT2D eigenvalue weighted by molar-refractivity contribution is 6.01. The lowest BCUT2D eigenvalue weighted by molar-refractivity contribution is 0.0276. The highest BCUT2D eigenvalue weighted by Gasteiger charge is 2.70. The van der Waals surface area contributed by atoms with E-state index in [4.69, 9.17) is 19.2 Å². The lowest BCUT2D eigenvalue weighted by Gasteiger charge is -2.59. The van der Waals surface area contributed by atoms with Gasteiger partial charge in [0.25, 0.3) is 0 Å². The summed E-state index contributed by atoms with van der Waals surface area (Å²) in [5.74, 6) is 0.599. The van der Waals surface area contributed by atoms with E-state index in [-0.39, 0.29) is 0 Å². The Morgan fingerprint density at radius 2 is 1.79 bits per heavy atom. The number of benzene rings is 2. The number of methoxy groups -OCH3 is 2. The first kappa shape index (κ1) is 25.9. The number of rotatable bonds is 3. The Labute approximate surface area is 223 Å². The van der Waals surface area contributed by atoms with Gasteiger partial charge < -0.3 is 24.4 Å². The van der Waals surface area contributed by atoms with Crippen molar-refractivity contribution in [3.05, 3.63) is 59.7 Å². The minimum atomic E-state index is -0.776. The molecule has 0 unspecified atom stereocenters. The Morgan fingerprint density at radius 1 is 1.11 bits per heavy atom. The van der Waals surface area contributed by atoms with Crippen molar-refractivity contribution in [3.63, 3.8) is 0 Å². The van der Waals surface area contributed by atoms with E-state index in [1.165, 1.54) is 7.11 Å². The van der Waals surface area contributed by atoms with Crippen LogP contribution < -0.4 is 10.2 Å². The zero-order valence-electron chi connectivity index (χ0n) is 22.9. The number of para-hydroxylation sites is 2. The fraction of sp³-hybridized carbons (Fsp3) is 0.483. The summed E-state index contributed by atoms with van der Waals surface area (Å²) in [4.78, 5) is 34.6. The quantitative estimate of drug-likeness (QED) is 0.619. The molecule has 3 aliphatic rings. The lowest BCUT2D eigenvalue weighted by atomic mass is 9.50. The molecule has 2 aromatic carbocycles. The second-order valence-corrected chi connectivity index (χ2v) is 11.1. The van der Waals surface area contributed by atoms with Crippen molar-refractivity contribution < 1.29 is 23.8 Å². The third-order valence-corrected chi connectivity index (χ3v) is 8.03. The van der Waals surface area contributed by atoms with Gasteiger partial charge >= 0.3 is 12.2 Å². The molecule has 0 saturated heterocycles. The van der Waals surface area contributed by atoms with Crippen molar-refractivity contribution in [2.45, 2.75) is 56.2 Å². The molecular formula is C29H36N4O5. The SMILES string of the molecule is COC(=O)N1c2ccccc2[C@]2(CCN(C)C(=O)OC(C)(C)C)C(OC)=NCC[C@@]23c2ccccc2N[C@@H]13. The van der Waals surface area contributed by atoms with Crippen molar-refractivity contribution in [1.82, 2.24) is 4.90 Å². The van der Waals surface area contributed by atoms with Gasteiger partial charge in [0.1, 0.15) is 11.8 Å². The molecule has 3 atom stereocenters. The van der Waals surface area contributed by atoms with E-state index in [1.807, 2.05) is 63.2 Å². The van der Waals surface area contributed by atoms with Gasteiger partial charge in [-0.05, 0) is 56.9 Å². The molecule has 9 nitrogen and oxygen atoms in total. The number of ether oxygens (including phenoxy) is 3. The van der Waals surface area contributed by atoms with Crippen LogP contribution in [0.25, 0.3) is 0 Å². The predicted octanol–water partition coefficient (Wildman–Crippen LogP) is 4.91. The number of nitrogens with zero attached hydrogens (tertiary/aromatic N) is 3. The van der Waals surface area contributed by atoms with Gasteiger partial charge in [-0.15, -0.1) is 0 Å². The second-order valence-electron chi connectivity index (χ2n) is 11.1. The maximum Gasteiger partial charge on any atom is 0.415 e. The summed E-state index contributed by atoms with van der Waals surface area (Å²) in [6.45, 7) is 6.49. The van der Waals surface area contributed by atoms with Crippen LogP contribution in [0.15, 0.2) is 53.5 Å². The van der Waals surface area contributed by atoms with Gasteiger partial charge in [-0.3, -0.25) is 9.89 Å². The Bertz CT molecular complexity index is 1290. The monoisotopic (exact) mass is 520 g/mol. The van der Waals surface area contributed by atoms with Crippen molar-refractivity contribution in [2.24, 2.45) is 4.99 Å². The largest absolute Gasteiger partial charge is 0.484 e. The molecule has 3 heterocycles. The van der Waals surface area contributed by atoms with E-state index in [0.29, 0.717) is 31.8 Å².